The first-order valence-corrected chi connectivity index (χ1v) is 16.0. The van der Waals surface area contributed by atoms with E-state index in [2.05, 4.69) is 20.3 Å². The maximum Gasteiger partial charge on any atom is 0.294 e. The predicted octanol–water partition coefficient (Wildman–Crippen LogP) is 6.88. The van der Waals surface area contributed by atoms with Crippen molar-refractivity contribution in [1.82, 2.24) is 0 Å². The van der Waals surface area contributed by atoms with E-state index in [1.165, 1.54) is 30.3 Å². The molecule has 0 fully saturated rings. The van der Waals surface area contributed by atoms with Crippen LogP contribution in [0.5, 0.6) is 5.75 Å². The van der Waals surface area contributed by atoms with Crippen LogP contribution in [0.4, 0.5) is 22.7 Å². The Morgan fingerprint density at radius 2 is 1.48 bits per heavy atom. The van der Waals surface area contributed by atoms with Crippen molar-refractivity contribution in [2.45, 2.75) is 23.6 Å². The first-order chi connectivity index (χ1) is 20.8. The fourth-order valence-electron chi connectivity index (χ4n) is 4.40. The van der Waals surface area contributed by atoms with E-state index in [9.17, 15) is 31.3 Å². The van der Waals surface area contributed by atoms with E-state index in [0.717, 1.165) is 17.7 Å². The van der Waals surface area contributed by atoms with Gasteiger partial charge in [-0.3, -0.25) is 14.1 Å². The van der Waals surface area contributed by atoms with E-state index in [1.54, 1.807) is 49.4 Å². The minimum Gasteiger partial charge on any atom is -0.505 e. The molecule has 0 spiro atoms. The number of anilines is 2. The maximum absolute atomic E-state index is 13.2. The standard InChI is InChI=1S/C31H26N4O7S2/c1-19-8-3-6-13-27(19)32-31(37)26-16-21-9-4-5-12-25(21)29(30(26)36)34-33-28-18-23(15-14-20(28)2)43(38,39)35-22-10-7-11-24(17-22)44(40,41)42/h3-18,35-36H,1-2H3,(H,32,37)(H,40,41,42). The van der Waals surface area contributed by atoms with Crippen molar-refractivity contribution in [2.75, 3.05) is 10.0 Å². The Bertz CT molecular complexity index is 2180. The molecule has 0 bridgehead atoms. The lowest BCUT2D eigenvalue weighted by Crippen LogP contribution is -2.13. The molecular formula is C31H26N4O7S2. The van der Waals surface area contributed by atoms with Crippen molar-refractivity contribution >= 4 is 59.6 Å². The lowest BCUT2D eigenvalue weighted by atomic mass is 10.0. The van der Waals surface area contributed by atoms with Crippen LogP contribution < -0.4 is 10.0 Å². The van der Waals surface area contributed by atoms with Crippen molar-refractivity contribution in [1.29, 1.82) is 0 Å². The number of carbonyl (C=O) groups excluding carboxylic acids is 1. The van der Waals surface area contributed by atoms with Crippen LogP contribution in [0.25, 0.3) is 10.8 Å². The molecule has 224 valence electrons. The van der Waals surface area contributed by atoms with Gasteiger partial charge in [0, 0.05) is 11.1 Å². The Labute approximate surface area is 253 Å². The molecule has 0 unspecified atom stereocenters. The molecule has 5 rings (SSSR count). The summed E-state index contributed by atoms with van der Waals surface area (Å²) in [6, 6.07) is 24.6. The minimum atomic E-state index is -4.55. The number of nitrogens with one attached hydrogen (secondary N) is 2. The van der Waals surface area contributed by atoms with Gasteiger partial charge < -0.3 is 10.4 Å². The number of phenols is 1. The first kappa shape index (κ1) is 30.4. The second-order valence-electron chi connectivity index (χ2n) is 9.87. The number of benzene rings is 5. The van der Waals surface area contributed by atoms with E-state index in [4.69, 9.17) is 0 Å². The van der Waals surface area contributed by atoms with Crippen LogP contribution >= 0.6 is 0 Å². The molecule has 0 aliphatic heterocycles. The first-order valence-electron chi connectivity index (χ1n) is 13.1. The quantitative estimate of drug-likeness (QED) is 0.107. The SMILES string of the molecule is Cc1ccc(S(=O)(=O)Nc2cccc(S(=O)(=O)O)c2)cc1N=Nc1c(O)c(C(=O)Nc2ccccc2C)cc2ccccc12. The Morgan fingerprint density at radius 3 is 2.23 bits per heavy atom. The summed E-state index contributed by atoms with van der Waals surface area (Å²) < 4.78 is 60.8. The molecule has 0 heterocycles. The number of azo groups is 1. The molecule has 4 N–H and O–H groups in total. The van der Waals surface area contributed by atoms with Crippen LogP contribution in [-0.4, -0.2) is 32.4 Å². The number of sulfonamides is 1. The van der Waals surface area contributed by atoms with Crippen LogP contribution in [-0.2, 0) is 20.1 Å². The van der Waals surface area contributed by atoms with Gasteiger partial charge >= 0.3 is 0 Å². The van der Waals surface area contributed by atoms with E-state index >= 15 is 0 Å². The van der Waals surface area contributed by atoms with E-state index in [-0.39, 0.29) is 27.5 Å². The maximum atomic E-state index is 13.2. The number of hydrogen-bond donors (Lipinski definition) is 4. The second kappa shape index (κ2) is 11.9. The van der Waals surface area contributed by atoms with Crippen molar-refractivity contribution in [3.8, 4) is 5.75 Å². The molecule has 5 aromatic carbocycles. The number of aryl methyl sites for hydroxylation is 2. The van der Waals surface area contributed by atoms with Crippen LogP contribution in [0.2, 0.25) is 0 Å². The number of carbonyl (C=O) groups is 1. The summed E-state index contributed by atoms with van der Waals surface area (Å²) in [6.45, 7) is 3.54. The lowest BCUT2D eigenvalue weighted by molar-refractivity contribution is 0.102. The summed E-state index contributed by atoms with van der Waals surface area (Å²) in [4.78, 5) is 12.6. The fourth-order valence-corrected chi connectivity index (χ4v) is 5.99. The number of nitrogens with zero attached hydrogens (tertiary/aromatic N) is 2. The Morgan fingerprint density at radius 1 is 0.750 bits per heavy atom. The van der Waals surface area contributed by atoms with Crippen molar-refractivity contribution in [3.05, 3.63) is 114 Å². The minimum absolute atomic E-state index is 0.0193. The number of rotatable bonds is 8. The van der Waals surface area contributed by atoms with E-state index in [0.29, 0.717) is 22.0 Å². The molecule has 13 heteroatoms. The predicted molar refractivity (Wildman–Crippen MR) is 167 cm³/mol. The van der Waals surface area contributed by atoms with Crippen molar-refractivity contribution < 1.29 is 31.3 Å². The van der Waals surface area contributed by atoms with Crippen LogP contribution in [0, 0.1) is 13.8 Å². The van der Waals surface area contributed by atoms with Gasteiger partial charge in [-0.2, -0.15) is 13.5 Å². The molecule has 0 aliphatic rings. The van der Waals surface area contributed by atoms with Crippen molar-refractivity contribution in [3.63, 3.8) is 0 Å². The summed E-state index contributed by atoms with van der Waals surface area (Å²) in [5.74, 6) is -0.951. The average molecular weight is 631 g/mol. The summed E-state index contributed by atoms with van der Waals surface area (Å²) >= 11 is 0. The Hall–Kier alpha value is -5.11. The van der Waals surface area contributed by atoms with Gasteiger partial charge in [0.25, 0.3) is 26.0 Å². The number of phenolic OH excluding ortho intramolecular Hbond substituents is 1. The molecule has 0 saturated heterocycles. The van der Waals surface area contributed by atoms with Crippen molar-refractivity contribution in [2.24, 2.45) is 10.2 Å². The zero-order valence-electron chi connectivity index (χ0n) is 23.4. The number of aromatic hydroxyl groups is 1. The van der Waals surface area contributed by atoms with Crippen LogP contribution in [0.3, 0.4) is 0 Å². The zero-order chi connectivity index (χ0) is 31.6. The third kappa shape index (κ3) is 6.44. The molecule has 1 amide bonds. The highest BCUT2D eigenvalue weighted by Crippen LogP contribution is 2.40. The molecule has 11 nitrogen and oxygen atoms in total. The molecule has 0 aromatic heterocycles. The summed E-state index contributed by atoms with van der Waals surface area (Å²) in [5.41, 5.74) is 2.07. The Balaban J connectivity index is 1.51. The molecule has 0 atom stereocenters. The lowest BCUT2D eigenvalue weighted by Gasteiger charge is -2.12. The summed E-state index contributed by atoms with van der Waals surface area (Å²) in [6.07, 6.45) is 0. The van der Waals surface area contributed by atoms with E-state index in [1.807, 2.05) is 19.1 Å². The highest BCUT2D eigenvalue weighted by molar-refractivity contribution is 7.92. The largest absolute Gasteiger partial charge is 0.505 e. The van der Waals surface area contributed by atoms with Gasteiger partial charge in [-0.05, 0) is 72.8 Å². The fraction of sp³-hybridized carbons (Fsp3) is 0.0645. The molecule has 0 aliphatic carbocycles. The number of hydrogen-bond acceptors (Lipinski definition) is 8. The topological polar surface area (TPSA) is 175 Å². The highest BCUT2D eigenvalue weighted by atomic mass is 32.2. The average Bonchev–Trinajstić information content (AvgIpc) is 2.97. The molecular weight excluding hydrogens is 604 g/mol. The van der Waals surface area contributed by atoms with Gasteiger partial charge in [0.1, 0.15) is 5.69 Å². The van der Waals surface area contributed by atoms with Gasteiger partial charge in [0.05, 0.1) is 26.7 Å². The molecule has 44 heavy (non-hydrogen) atoms. The summed E-state index contributed by atoms with van der Waals surface area (Å²) in [7, 11) is -8.77. The van der Waals surface area contributed by atoms with Gasteiger partial charge in [-0.15, -0.1) is 5.11 Å². The second-order valence-corrected chi connectivity index (χ2v) is 13.0. The molecule has 5 aromatic rings. The van der Waals surface area contributed by atoms with Crippen LogP contribution in [0.1, 0.15) is 21.5 Å². The summed E-state index contributed by atoms with van der Waals surface area (Å²) in [5, 5.41) is 23.7. The molecule has 0 saturated carbocycles. The number of amides is 1. The third-order valence-corrected chi connectivity index (χ3v) is 8.99. The molecule has 0 radical (unpaired) electrons. The van der Waals surface area contributed by atoms with Gasteiger partial charge in [-0.1, -0.05) is 54.6 Å². The number of fused-ring (bicyclic) bond motifs is 1. The van der Waals surface area contributed by atoms with E-state index < -0.39 is 36.7 Å². The normalized spacial score (nSPS) is 12.0. The Kier molecular flexibility index (Phi) is 8.19. The number of para-hydroxylation sites is 1. The third-order valence-electron chi connectivity index (χ3n) is 6.77. The highest BCUT2D eigenvalue weighted by Gasteiger charge is 2.20. The van der Waals surface area contributed by atoms with Gasteiger partial charge in [-0.25, -0.2) is 8.42 Å². The zero-order valence-corrected chi connectivity index (χ0v) is 25.0. The van der Waals surface area contributed by atoms with Gasteiger partial charge in [0.15, 0.2) is 5.75 Å². The van der Waals surface area contributed by atoms with Crippen LogP contribution in [0.15, 0.2) is 117 Å². The monoisotopic (exact) mass is 630 g/mol. The smallest absolute Gasteiger partial charge is 0.294 e. The van der Waals surface area contributed by atoms with Gasteiger partial charge in [0.2, 0.25) is 0 Å².